The second-order valence-corrected chi connectivity index (χ2v) is 7.62. The second kappa shape index (κ2) is 3.89. The molecule has 4 heteroatoms. The number of carbonyl (C=O) groups is 1. The fourth-order valence-corrected chi connectivity index (χ4v) is 2.59. The van der Waals surface area contributed by atoms with Gasteiger partial charge in [-0.15, -0.1) is 0 Å². The fraction of sp³-hybridized carbons (Fsp3) is 0.889. The van der Waals surface area contributed by atoms with Crippen molar-refractivity contribution < 1.29 is 9.53 Å². The molecule has 0 aromatic rings. The second-order valence-electron chi connectivity index (χ2n) is 3.85. The summed E-state index contributed by atoms with van der Waals surface area (Å²) in [6.45, 7) is 4.57. The predicted octanol–water partition coefficient (Wildman–Crippen LogP) is 3.23. The topological polar surface area (TPSA) is 26.3 Å². The van der Waals surface area contributed by atoms with Gasteiger partial charge < -0.3 is 4.74 Å². The largest absolute Gasteiger partial charge is 0.465 e. The molecule has 0 aromatic heterocycles. The standard InChI is InChI=1S/C9H14Br2O2/c1-3-4-7(12)13-6-8(2)5-9(8,10)11/h3-6H2,1-2H3. The van der Waals surface area contributed by atoms with E-state index in [2.05, 4.69) is 38.8 Å². The van der Waals surface area contributed by atoms with Crippen molar-refractivity contribution >= 4 is 37.8 Å². The molecule has 0 N–H and O–H groups in total. The maximum absolute atomic E-state index is 11.1. The van der Waals surface area contributed by atoms with E-state index in [4.69, 9.17) is 4.74 Å². The van der Waals surface area contributed by atoms with Crippen molar-refractivity contribution in [1.29, 1.82) is 0 Å². The van der Waals surface area contributed by atoms with Gasteiger partial charge in [-0.25, -0.2) is 0 Å². The number of rotatable bonds is 4. The van der Waals surface area contributed by atoms with Crippen LogP contribution in [0.25, 0.3) is 0 Å². The minimum atomic E-state index is -0.0913. The number of ether oxygens (including phenoxy) is 1. The van der Waals surface area contributed by atoms with Crippen molar-refractivity contribution in [2.24, 2.45) is 5.41 Å². The molecule has 1 unspecified atom stereocenters. The Morgan fingerprint density at radius 3 is 2.46 bits per heavy atom. The summed E-state index contributed by atoms with van der Waals surface area (Å²) >= 11 is 7.05. The zero-order valence-corrected chi connectivity index (χ0v) is 11.1. The number of hydrogen-bond donors (Lipinski definition) is 0. The summed E-state index contributed by atoms with van der Waals surface area (Å²) in [5.41, 5.74) is 0.0659. The van der Waals surface area contributed by atoms with Gasteiger partial charge >= 0.3 is 5.97 Å². The molecule has 2 nitrogen and oxygen atoms in total. The number of hydrogen-bond acceptors (Lipinski definition) is 2. The molecule has 1 saturated carbocycles. The van der Waals surface area contributed by atoms with Gasteiger partial charge in [-0.1, -0.05) is 45.7 Å². The van der Waals surface area contributed by atoms with Crippen molar-refractivity contribution in [1.82, 2.24) is 0 Å². The van der Waals surface area contributed by atoms with E-state index < -0.39 is 0 Å². The molecule has 1 atom stereocenters. The highest BCUT2D eigenvalue weighted by Crippen LogP contribution is 2.66. The van der Waals surface area contributed by atoms with Crippen LogP contribution in [0.5, 0.6) is 0 Å². The smallest absolute Gasteiger partial charge is 0.305 e. The van der Waals surface area contributed by atoms with Crippen molar-refractivity contribution in [2.45, 2.75) is 36.3 Å². The zero-order chi connectivity index (χ0) is 10.1. The van der Waals surface area contributed by atoms with Crippen molar-refractivity contribution in [2.75, 3.05) is 6.61 Å². The van der Waals surface area contributed by atoms with E-state index in [1.165, 1.54) is 0 Å². The number of halogens is 2. The van der Waals surface area contributed by atoms with Crippen LogP contribution in [0.3, 0.4) is 0 Å². The van der Waals surface area contributed by atoms with Crippen LogP contribution in [0, 0.1) is 5.41 Å². The van der Waals surface area contributed by atoms with Crippen molar-refractivity contribution in [3.8, 4) is 0 Å². The third-order valence-electron chi connectivity index (χ3n) is 2.38. The van der Waals surface area contributed by atoms with Crippen LogP contribution in [0.15, 0.2) is 0 Å². The Labute approximate surface area is 95.7 Å². The molecular formula is C9H14Br2O2. The third-order valence-corrected chi connectivity index (χ3v) is 4.85. The summed E-state index contributed by atoms with van der Waals surface area (Å²) in [5.74, 6) is -0.0913. The summed E-state index contributed by atoms with van der Waals surface area (Å²) in [5, 5.41) is 0. The van der Waals surface area contributed by atoms with Gasteiger partial charge in [0.2, 0.25) is 0 Å². The molecule has 1 aliphatic carbocycles. The first kappa shape index (κ1) is 11.5. The third kappa shape index (κ3) is 2.69. The molecule has 1 aliphatic rings. The molecule has 0 saturated heterocycles. The lowest BCUT2D eigenvalue weighted by atomic mass is 10.2. The lowest BCUT2D eigenvalue weighted by Gasteiger charge is -2.12. The van der Waals surface area contributed by atoms with Crippen LogP contribution in [0.4, 0.5) is 0 Å². The SMILES string of the molecule is CCCC(=O)OCC1(C)CC1(Br)Br. The maximum Gasteiger partial charge on any atom is 0.305 e. The first-order valence-electron chi connectivity index (χ1n) is 4.45. The van der Waals surface area contributed by atoms with E-state index in [0.717, 1.165) is 12.8 Å². The van der Waals surface area contributed by atoms with Crippen LogP contribution >= 0.6 is 31.9 Å². The molecule has 0 radical (unpaired) electrons. The molecule has 0 aromatic carbocycles. The monoisotopic (exact) mass is 312 g/mol. The van der Waals surface area contributed by atoms with Crippen LogP contribution in [0.1, 0.15) is 33.1 Å². The van der Waals surface area contributed by atoms with Crippen molar-refractivity contribution in [3.05, 3.63) is 0 Å². The van der Waals surface area contributed by atoms with E-state index >= 15 is 0 Å². The Hall–Kier alpha value is 0.430. The molecule has 76 valence electrons. The molecule has 0 amide bonds. The van der Waals surface area contributed by atoms with Gasteiger partial charge in [-0.2, -0.15) is 0 Å². The number of esters is 1. The van der Waals surface area contributed by atoms with Crippen LogP contribution in [0.2, 0.25) is 0 Å². The maximum atomic E-state index is 11.1. The molecule has 0 heterocycles. The average molecular weight is 314 g/mol. The van der Waals surface area contributed by atoms with Crippen LogP contribution < -0.4 is 0 Å². The zero-order valence-electron chi connectivity index (χ0n) is 7.90. The summed E-state index contributed by atoms with van der Waals surface area (Å²) in [6, 6.07) is 0. The minimum absolute atomic E-state index is 0.0144. The quantitative estimate of drug-likeness (QED) is 0.588. The fourth-order valence-electron chi connectivity index (χ4n) is 1.12. The first-order chi connectivity index (χ1) is 5.91. The van der Waals surface area contributed by atoms with Gasteiger partial charge in [-0.3, -0.25) is 4.79 Å². The van der Waals surface area contributed by atoms with E-state index in [9.17, 15) is 4.79 Å². The molecule has 0 aliphatic heterocycles. The summed E-state index contributed by atoms with van der Waals surface area (Å²) in [7, 11) is 0. The first-order valence-corrected chi connectivity index (χ1v) is 6.03. The summed E-state index contributed by atoms with van der Waals surface area (Å²) < 4.78 is 5.13. The number of carbonyl (C=O) groups excluding carboxylic acids is 1. The molecule has 13 heavy (non-hydrogen) atoms. The van der Waals surface area contributed by atoms with Gasteiger partial charge in [0.05, 0.1) is 9.84 Å². The van der Waals surface area contributed by atoms with E-state index in [1.54, 1.807) is 0 Å². The molecular weight excluding hydrogens is 300 g/mol. The Balaban J connectivity index is 2.25. The Bertz CT molecular complexity index is 216. The lowest BCUT2D eigenvalue weighted by molar-refractivity contribution is -0.145. The minimum Gasteiger partial charge on any atom is -0.465 e. The van der Waals surface area contributed by atoms with Gasteiger partial charge in [-0.05, 0) is 12.8 Å². The molecule has 1 rings (SSSR count). The van der Waals surface area contributed by atoms with Gasteiger partial charge in [0.15, 0.2) is 0 Å². The average Bonchev–Trinajstić information content (AvgIpc) is 2.49. The van der Waals surface area contributed by atoms with Gasteiger partial charge in [0.1, 0.15) is 0 Å². The van der Waals surface area contributed by atoms with E-state index in [-0.39, 0.29) is 14.6 Å². The van der Waals surface area contributed by atoms with Crippen LogP contribution in [-0.4, -0.2) is 15.8 Å². The Morgan fingerprint density at radius 2 is 2.08 bits per heavy atom. The molecule has 0 bridgehead atoms. The highest BCUT2D eigenvalue weighted by Gasteiger charge is 2.62. The highest BCUT2D eigenvalue weighted by atomic mass is 79.9. The Kier molecular flexibility index (Phi) is 3.44. The molecule has 0 spiro atoms. The Morgan fingerprint density at radius 1 is 1.54 bits per heavy atom. The van der Waals surface area contributed by atoms with Crippen LogP contribution in [-0.2, 0) is 9.53 Å². The number of alkyl halides is 2. The van der Waals surface area contributed by atoms with Gasteiger partial charge in [0.25, 0.3) is 0 Å². The summed E-state index contributed by atoms with van der Waals surface area (Å²) in [4.78, 5) is 11.1. The summed E-state index contributed by atoms with van der Waals surface area (Å²) in [6.07, 6.45) is 2.37. The van der Waals surface area contributed by atoms with Gasteiger partial charge in [0, 0.05) is 11.8 Å². The van der Waals surface area contributed by atoms with Crippen molar-refractivity contribution in [3.63, 3.8) is 0 Å². The van der Waals surface area contributed by atoms with E-state index in [1.807, 2.05) is 6.92 Å². The molecule has 1 fully saturated rings. The van der Waals surface area contributed by atoms with E-state index in [0.29, 0.717) is 13.0 Å². The normalized spacial score (nSPS) is 29.8. The highest BCUT2D eigenvalue weighted by molar-refractivity contribution is 9.25. The lowest BCUT2D eigenvalue weighted by Crippen LogP contribution is -2.16. The predicted molar refractivity (Wildman–Crippen MR) is 59.2 cm³/mol.